The molecule has 0 spiro atoms. The zero-order valence-corrected chi connectivity index (χ0v) is 11.6. The monoisotopic (exact) mass is 313 g/mol. The summed E-state index contributed by atoms with van der Waals surface area (Å²) < 4.78 is 26.5. The third-order valence-electron chi connectivity index (χ3n) is 2.54. The summed E-state index contributed by atoms with van der Waals surface area (Å²) in [6.45, 7) is 1.59. The zero-order chi connectivity index (χ0) is 14.3. The number of hydrogen-bond acceptors (Lipinski definition) is 6. The minimum Gasteiger partial charge on any atom is -0.341 e. The predicted octanol–water partition coefficient (Wildman–Crippen LogP) is 0.839. The van der Waals surface area contributed by atoms with E-state index in [1.807, 2.05) is 0 Å². The lowest BCUT2D eigenvalue weighted by Crippen LogP contribution is -2.15. The van der Waals surface area contributed by atoms with Gasteiger partial charge in [-0.15, -0.1) is 0 Å². The summed E-state index contributed by atoms with van der Waals surface area (Å²) in [5.74, 6) is -0.157. The van der Waals surface area contributed by atoms with E-state index < -0.39 is 10.0 Å². The summed E-state index contributed by atoms with van der Waals surface area (Å²) in [5, 5.41) is 6.28. The predicted molar refractivity (Wildman–Crippen MR) is 70.8 cm³/mol. The molecule has 0 bridgehead atoms. The van der Waals surface area contributed by atoms with Gasteiger partial charge in [-0.3, -0.25) is 5.10 Å². The Kier molecular flexibility index (Phi) is 2.83. The van der Waals surface area contributed by atoms with Gasteiger partial charge in [-0.1, -0.05) is 11.6 Å². The third-order valence-corrected chi connectivity index (χ3v) is 4.26. The van der Waals surface area contributed by atoms with Crippen molar-refractivity contribution in [2.24, 2.45) is 0 Å². The van der Waals surface area contributed by atoms with E-state index in [2.05, 4.69) is 34.9 Å². The Balaban J connectivity index is 2.03. The number of hydrogen-bond donors (Lipinski definition) is 3. The van der Waals surface area contributed by atoms with Crippen LogP contribution >= 0.6 is 11.6 Å². The van der Waals surface area contributed by atoms with E-state index in [0.29, 0.717) is 11.2 Å². The number of nitrogens with one attached hydrogen (secondary N) is 3. The van der Waals surface area contributed by atoms with Gasteiger partial charge in [0, 0.05) is 0 Å². The van der Waals surface area contributed by atoms with Crippen LogP contribution in [0, 0.1) is 6.92 Å². The molecule has 0 fully saturated rings. The highest BCUT2D eigenvalue weighted by atomic mass is 35.5. The molecule has 3 aromatic rings. The van der Waals surface area contributed by atoms with Crippen molar-refractivity contribution in [1.29, 1.82) is 0 Å². The van der Waals surface area contributed by atoms with E-state index in [1.54, 1.807) is 6.92 Å². The van der Waals surface area contributed by atoms with Gasteiger partial charge in [0.15, 0.2) is 10.8 Å². The molecule has 0 unspecified atom stereocenters. The number of aromatic amines is 2. The molecule has 3 rings (SSSR count). The number of anilines is 1. The molecule has 0 saturated heterocycles. The lowest BCUT2D eigenvalue weighted by Gasteiger charge is -2.05. The lowest BCUT2D eigenvalue weighted by molar-refractivity contribution is 0.600. The maximum Gasteiger partial charge on any atom is 0.267 e. The molecule has 0 aliphatic carbocycles. The summed E-state index contributed by atoms with van der Waals surface area (Å²) in [6.07, 6.45) is 2.59. The fraction of sp³-hybridized carbons (Fsp3) is 0.111. The molecule has 0 aliphatic rings. The first-order valence-corrected chi connectivity index (χ1v) is 7.23. The molecule has 9 nitrogen and oxygen atoms in total. The molecule has 0 radical (unpaired) electrons. The fourth-order valence-electron chi connectivity index (χ4n) is 1.63. The van der Waals surface area contributed by atoms with Crippen molar-refractivity contribution in [1.82, 2.24) is 30.1 Å². The summed E-state index contributed by atoms with van der Waals surface area (Å²) in [6, 6.07) is 0. The summed E-state index contributed by atoms with van der Waals surface area (Å²) in [7, 11) is -3.83. The number of fused-ring (bicyclic) bond motifs is 1. The first-order chi connectivity index (χ1) is 9.47. The van der Waals surface area contributed by atoms with E-state index in [1.165, 1.54) is 12.5 Å². The fourth-order valence-corrected chi connectivity index (χ4v) is 2.93. The van der Waals surface area contributed by atoms with Crippen LogP contribution in [0.3, 0.4) is 0 Å². The molecule has 104 valence electrons. The SMILES string of the molecule is Cc1[nH]ncc1S(=O)(=O)Nc1nc(Cl)c2[nH]cnc2n1. The largest absolute Gasteiger partial charge is 0.341 e. The van der Waals surface area contributed by atoms with Crippen molar-refractivity contribution in [2.45, 2.75) is 11.8 Å². The molecule has 3 aromatic heterocycles. The van der Waals surface area contributed by atoms with E-state index in [0.717, 1.165) is 0 Å². The number of imidazole rings is 1. The van der Waals surface area contributed by atoms with E-state index >= 15 is 0 Å². The van der Waals surface area contributed by atoms with Gasteiger partial charge in [0.1, 0.15) is 10.4 Å². The Morgan fingerprint density at radius 1 is 1.35 bits per heavy atom. The van der Waals surface area contributed by atoms with Crippen LogP contribution in [0.5, 0.6) is 0 Å². The topological polar surface area (TPSA) is 129 Å². The van der Waals surface area contributed by atoms with Gasteiger partial charge in [0.2, 0.25) is 5.95 Å². The minimum atomic E-state index is -3.83. The van der Waals surface area contributed by atoms with E-state index in [-0.39, 0.29) is 21.6 Å². The number of nitrogens with zero attached hydrogens (tertiary/aromatic N) is 4. The Morgan fingerprint density at radius 3 is 2.85 bits per heavy atom. The van der Waals surface area contributed by atoms with Gasteiger partial charge < -0.3 is 4.98 Å². The van der Waals surface area contributed by atoms with Crippen molar-refractivity contribution < 1.29 is 8.42 Å². The highest BCUT2D eigenvalue weighted by Gasteiger charge is 2.21. The quantitative estimate of drug-likeness (QED) is 0.614. The molecular weight excluding hydrogens is 306 g/mol. The van der Waals surface area contributed by atoms with Crippen molar-refractivity contribution in [2.75, 3.05) is 4.72 Å². The van der Waals surface area contributed by atoms with Gasteiger partial charge in [-0.25, -0.2) is 18.1 Å². The van der Waals surface area contributed by atoms with Crippen LogP contribution in [0.2, 0.25) is 5.15 Å². The second-order valence-corrected chi connectivity index (χ2v) is 5.91. The highest BCUT2D eigenvalue weighted by Crippen LogP contribution is 2.20. The normalized spacial score (nSPS) is 11.9. The molecule has 0 saturated carbocycles. The van der Waals surface area contributed by atoms with Crippen LogP contribution in [0.25, 0.3) is 11.2 Å². The summed E-state index contributed by atoms with van der Waals surface area (Å²) >= 11 is 5.91. The second kappa shape index (κ2) is 4.42. The number of H-pyrrole nitrogens is 2. The Labute approximate surface area is 117 Å². The first-order valence-electron chi connectivity index (χ1n) is 5.37. The van der Waals surface area contributed by atoms with E-state index in [4.69, 9.17) is 11.6 Å². The van der Waals surface area contributed by atoms with Gasteiger partial charge in [0.05, 0.1) is 18.2 Å². The highest BCUT2D eigenvalue weighted by molar-refractivity contribution is 7.92. The van der Waals surface area contributed by atoms with Crippen LogP contribution in [0.1, 0.15) is 5.69 Å². The van der Waals surface area contributed by atoms with Gasteiger partial charge in [0.25, 0.3) is 10.0 Å². The molecule has 11 heteroatoms. The Bertz CT molecular complexity index is 885. The van der Waals surface area contributed by atoms with Crippen molar-refractivity contribution in [3.05, 3.63) is 23.4 Å². The van der Waals surface area contributed by atoms with Gasteiger partial charge in [-0.05, 0) is 6.92 Å². The van der Waals surface area contributed by atoms with Crippen LogP contribution in [-0.2, 0) is 10.0 Å². The zero-order valence-electron chi connectivity index (χ0n) is 10.0. The van der Waals surface area contributed by atoms with Crippen LogP contribution < -0.4 is 4.72 Å². The molecule has 3 heterocycles. The Morgan fingerprint density at radius 2 is 2.15 bits per heavy atom. The van der Waals surface area contributed by atoms with Crippen LogP contribution in [-0.4, -0.2) is 38.6 Å². The minimum absolute atomic E-state index is 0.0133. The molecule has 0 atom stereocenters. The molecule has 20 heavy (non-hydrogen) atoms. The maximum absolute atomic E-state index is 12.1. The smallest absolute Gasteiger partial charge is 0.267 e. The van der Waals surface area contributed by atoms with Crippen molar-refractivity contribution in [3.8, 4) is 0 Å². The molecular formula is C9H8ClN7O2S. The number of halogens is 1. The number of aryl methyl sites for hydroxylation is 1. The average Bonchev–Trinajstić information content (AvgIpc) is 2.97. The molecule has 0 amide bonds. The third kappa shape index (κ3) is 2.08. The number of aromatic nitrogens is 6. The Hall–Kier alpha value is -2.20. The van der Waals surface area contributed by atoms with Crippen LogP contribution in [0.4, 0.5) is 5.95 Å². The lowest BCUT2D eigenvalue weighted by atomic mass is 10.5. The number of sulfonamides is 1. The van der Waals surface area contributed by atoms with Crippen LogP contribution in [0.15, 0.2) is 17.4 Å². The number of rotatable bonds is 3. The maximum atomic E-state index is 12.1. The second-order valence-electron chi connectivity index (χ2n) is 3.90. The van der Waals surface area contributed by atoms with Crippen molar-refractivity contribution >= 4 is 38.7 Å². The van der Waals surface area contributed by atoms with E-state index in [9.17, 15) is 8.42 Å². The van der Waals surface area contributed by atoms with Crippen molar-refractivity contribution in [3.63, 3.8) is 0 Å². The van der Waals surface area contributed by atoms with Gasteiger partial charge >= 0.3 is 0 Å². The first kappa shape index (κ1) is 12.8. The molecule has 0 aromatic carbocycles. The standard InChI is InChI=1S/C9H8ClN7O2S/c1-4-5(2-13-16-4)20(18,19)17-9-14-7(10)6-8(15-9)12-3-11-6/h2-3H,1H3,(H,13,16)(H2,11,12,14,15,17). The summed E-state index contributed by atoms with van der Waals surface area (Å²) in [5.41, 5.74) is 1.12. The molecule has 3 N–H and O–H groups in total. The summed E-state index contributed by atoms with van der Waals surface area (Å²) in [4.78, 5) is 14.5. The average molecular weight is 314 g/mol. The molecule has 0 aliphatic heterocycles. The van der Waals surface area contributed by atoms with Gasteiger partial charge in [-0.2, -0.15) is 15.1 Å².